The summed E-state index contributed by atoms with van der Waals surface area (Å²) in [5.74, 6) is -0.390. The van der Waals surface area contributed by atoms with Gasteiger partial charge in [-0.05, 0) is 19.3 Å². The molecule has 0 fully saturated rings. The molecule has 0 bridgehead atoms. The van der Waals surface area contributed by atoms with Gasteiger partial charge in [0.15, 0.2) is 0 Å². The van der Waals surface area contributed by atoms with Crippen LogP contribution in [0.4, 0.5) is 4.79 Å². The van der Waals surface area contributed by atoms with Crippen LogP contribution in [0, 0.1) is 5.92 Å². The van der Waals surface area contributed by atoms with Gasteiger partial charge in [0.1, 0.15) is 6.04 Å². The van der Waals surface area contributed by atoms with Crippen LogP contribution in [0.15, 0.2) is 0 Å². The number of rotatable bonds is 7. The van der Waals surface area contributed by atoms with Gasteiger partial charge in [-0.15, -0.1) is 0 Å². The lowest BCUT2D eigenvalue weighted by atomic mass is 9.99. The lowest BCUT2D eigenvalue weighted by Gasteiger charge is -2.21. The molecule has 17 heavy (non-hydrogen) atoms. The van der Waals surface area contributed by atoms with E-state index in [1.54, 1.807) is 6.92 Å². The molecule has 2 unspecified atom stereocenters. The maximum Gasteiger partial charge on any atom is 0.407 e. The van der Waals surface area contributed by atoms with E-state index >= 15 is 0 Å². The van der Waals surface area contributed by atoms with E-state index in [0.29, 0.717) is 13.2 Å². The third kappa shape index (κ3) is 6.14. The number of carbonyl (C=O) groups excluding carboxylic acids is 2. The summed E-state index contributed by atoms with van der Waals surface area (Å²) < 4.78 is 9.81. The molecule has 0 aromatic rings. The van der Waals surface area contributed by atoms with Crippen molar-refractivity contribution in [3.05, 3.63) is 0 Å². The van der Waals surface area contributed by atoms with Crippen LogP contribution in [0.2, 0.25) is 0 Å². The van der Waals surface area contributed by atoms with Crippen LogP contribution < -0.4 is 5.32 Å². The molecule has 0 heterocycles. The standard InChI is InChI=1S/C12H23NO4/c1-5-8-17-12(15)13-10(9(4)6-2)11(14)16-7-3/h9-10H,5-8H2,1-4H3,(H,13,15). The minimum atomic E-state index is -0.635. The molecule has 0 aromatic carbocycles. The highest BCUT2D eigenvalue weighted by Crippen LogP contribution is 2.09. The Morgan fingerprint density at radius 1 is 1.18 bits per heavy atom. The molecule has 0 aliphatic rings. The number of hydrogen-bond donors (Lipinski definition) is 1. The summed E-state index contributed by atoms with van der Waals surface area (Å²) in [5, 5.41) is 2.55. The fourth-order valence-electron chi connectivity index (χ4n) is 1.26. The van der Waals surface area contributed by atoms with E-state index in [9.17, 15) is 9.59 Å². The molecular formula is C12H23NO4. The van der Waals surface area contributed by atoms with Gasteiger partial charge in [0.25, 0.3) is 0 Å². The van der Waals surface area contributed by atoms with Crippen molar-refractivity contribution in [1.29, 1.82) is 0 Å². The normalized spacial score (nSPS) is 13.6. The van der Waals surface area contributed by atoms with Crippen molar-refractivity contribution in [2.45, 2.75) is 46.6 Å². The number of esters is 1. The zero-order chi connectivity index (χ0) is 13.3. The van der Waals surface area contributed by atoms with Gasteiger partial charge in [0.05, 0.1) is 13.2 Å². The van der Waals surface area contributed by atoms with Crippen LogP contribution >= 0.6 is 0 Å². The first-order chi connectivity index (χ1) is 8.06. The third-order valence-electron chi connectivity index (χ3n) is 2.46. The van der Waals surface area contributed by atoms with Crippen molar-refractivity contribution in [2.24, 2.45) is 5.92 Å². The van der Waals surface area contributed by atoms with E-state index < -0.39 is 18.1 Å². The molecule has 2 atom stereocenters. The molecule has 1 amide bonds. The summed E-state index contributed by atoms with van der Waals surface area (Å²) in [6, 6.07) is -0.635. The van der Waals surface area contributed by atoms with Gasteiger partial charge in [-0.1, -0.05) is 27.2 Å². The molecule has 1 N–H and O–H groups in total. The Bertz CT molecular complexity index is 243. The number of alkyl carbamates (subject to hydrolysis) is 1. The maximum absolute atomic E-state index is 11.7. The summed E-state index contributed by atoms with van der Waals surface area (Å²) in [4.78, 5) is 23.1. The second kappa shape index (κ2) is 8.84. The van der Waals surface area contributed by atoms with E-state index in [1.165, 1.54) is 0 Å². The molecule has 0 saturated heterocycles. The number of hydrogen-bond acceptors (Lipinski definition) is 4. The molecule has 5 nitrogen and oxygen atoms in total. The molecular weight excluding hydrogens is 222 g/mol. The fourth-order valence-corrected chi connectivity index (χ4v) is 1.26. The average molecular weight is 245 g/mol. The Hall–Kier alpha value is -1.26. The van der Waals surface area contributed by atoms with E-state index in [-0.39, 0.29) is 5.92 Å². The van der Waals surface area contributed by atoms with E-state index in [4.69, 9.17) is 9.47 Å². The third-order valence-corrected chi connectivity index (χ3v) is 2.46. The summed E-state index contributed by atoms with van der Waals surface area (Å²) in [5.41, 5.74) is 0. The highest BCUT2D eigenvalue weighted by atomic mass is 16.6. The van der Waals surface area contributed by atoms with Crippen LogP contribution in [0.1, 0.15) is 40.5 Å². The SMILES string of the molecule is CCCOC(=O)NC(C(=O)OCC)C(C)CC. The topological polar surface area (TPSA) is 64.6 Å². The molecule has 0 rings (SSSR count). The number of carbonyl (C=O) groups is 2. The van der Waals surface area contributed by atoms with Crippen molar-refractivity contribution < 1.29 is 19.1 Å². The maximum atomic E-state index is 11.7. The zero-order valence-electron chi connectivity index (χ0n) is 11.1. The van der Waals surface area contributed by atoms with Crippen LogP contribution in [0.25, 0.3) is 0 Å². The molecule has 0 radical (unpaired) electrons. The summed E-state index contributed by atoms with van der Waals surface area (Å²) in [7, 11) is 0. The van der Waals surface area contributed by atoms with Gasteiger partial charge in [0, 0.05) is 0 Å². The van der Waals surface area contributed by atoms with Gasteiger partial charge in [0.2, 0.25) is 0 Å². The minimum absolute atomic E-state index is 0.0169. The Balaban J connectivity index is 4.38. The monoisotopic (exact) mass is 245 g/mol. The fraction of sp³-hybridized carbons (Fsp3) is 0.833. The largest absolute Gasteiger partial charge is 0.464 e. The first kappa shape index (κ1) is 15.7. The Morgan fingerprint density at radius 2 is 1.82 bits per heavy atom. The van der Waals surface area contributed by atoms with Crippen molar-refractivity contribution in [3.8, 4) is 0 Å². The molecule has 0 saturated carbocycles. The number of nitrogens with one attached hydrogen (secondary N) is 1. The molecule has 100 valence electrons. The van der Waals surface area contributed by atoms with E-state index in [2.05, 4.69) is 5.32 Å². The lowest BCUT2D eigenvalue weighted by Crippen LogP contribution is -2.46. The summed E-state index contributed by atoms with van der Waals surface area (Å²) >= 11 is 0. The van der Waals surface area contributed by atoms with Crippen molar-refractivity contribution >= 4 is 12.1 Å². The van der Waals surface area contributed by atoms with E-state index in [0.717, 1.165) is 12.8 Å². The highest BCUT2D eigenvalue weighted by Gasteiger charge is 2.27. The molecule has 0 aliphatic heterocycles. The van der Waals surface area contributed by atoms with E-state index in [1.807, 2.05) is 20.8 Å². The quantitative estimate of drug-likeness (QED) is 0.698. The Kier molecular flexibility index (Phi) is 8.19. The van der Waals surface area contributed by atoms with Gasteiger partial charge in [-0.3, -0.25) is 0 Å². The molecule has 0 aromatic heterocycles. The van der Waals surface area contributed by atoms with Crippen LogP contribution in [0.5, 0.6) is 0 Å². The average Bonchev–Trinajstić information content (AvgIpc) is 2.32. The van der Waals surface area contributed by atoms with Gasteiger partial charge in [-0.25, -0.2) is 9.59 Å². The summed E-state index contributed by atoms with van der Waals surface area (Å²) in [6.07, 6.45) is 0.962. The van der Waals surface area contributed by atoms with Crippen molar-refractivity contribution in [3.63, 3.8) is 0 Å². The predicted molar refractivity (Wildman–Crippen MR) is 64.7 cm³/mol. The molecule has 0 aliphatic carbocycles. The first-order valence-corrected chi connectivity index (χ1v) is 6.16. The highest BCUT2D eigenvalue weighted by molar-refractivity contribution is 5.81. The van der Waals surface area contributed by atoms with Crippen LogP contribution in [-0.4, -0.2) is 31.3 Å². The van der Waals surface area contributed by atoms with Crippen LogP contribution in [-0.2, 0) is 14.3 Å². The second-order valence-electron chi connectivity index (χ2n) is 3.90. The van der Waals surface area contributed by atoms with Crippen molar-refractivity contribution in [2.75, 3.05) is 13.2 Å². The summed E-state index contributed by atoms with van der Waals surface area (Å²) in [6.45, 7) is 8.14. The van der Waals surface area contributed by atoms with Gasteiger partial charge >= 0.3 is 12.1 Å². The zero-order valence-corrected chi connectivity index (χ0v) is 11.1. The second-order valence-corrected chi connectivity index (χ2v) is 3.90. The number of ether oxygens (including phenoxy) is 2. The van der Waals surface area contributed by atoms with Crippen molar-refractivity contribution in [1.82, 2.24) is 5.32 Å². The van der Waals surface area contributed by atoms with Gasteiger partial charge < -0.3 is 14.8 Å². The predicted octanol–water partition coefficient (Wildman–Crippen LogP) is 2.10. The lowest BCUT2D eigenvalue weighted by molar-refractivity contribution is -0.146. The smallest absolute Gasteiger partial charge is 0.407 e. The first-order valence-electron chi connectivity index (χ1n) is 6.16. The Labute approximate surface area is 103 Å². The minimum Gasteiger partial charge on any atom is -0.464 e. The molecule has 0 spiro atoms. The van der Waals surface area contributed by atoms with Gasteiger partial charge in [-0.2, -0.15) is 0 Å². The van der Waals surface area contributed by atoms with Crippen LogP contribution in [0.3, 0.4) is 0 Å². The Morgan fingerprint density at radius 3 is 2.29 bits per heavy atom. The molecule has 5 heteroatoms. The number of amides is 1.